The van der Waals surface area contributed by atoms with E-state index in [1.54, 1.807) is 0 Å². The minimum absolute atomic E-state index is 0.421. The lowest BCUT2D eigenvalue weighted by Gasteiger charge is -2.11. The fraction of sp³-hybridized carbons (Fsp3) is 0.429. The van der Waals surface area contributed by atoms with Gasteiger partial charge in [-0.1, -0.05) is 17.7 Å². The molecule has 0 aliphatic rings. The molecule has 0 bridgehead atoms. The highest BCUT2D eigenvalue weighted by Gasteiger charge is 2.12. The summed E-state index contributed by atoms with van der Waals surface area (Å²) in [7, 11) is 0. The molecule has 0 saturated heterocycles. The molecule has 1 aromatic carbocycles. The molecular weight excluding hydrogens is 260 g/mol. The highest BCUT2D eigenvalue weighted by molar-refractivity contribution is 5.82. The number of rotatable bonds is 7. The smallest absolute Gasteiger partial charge is 0.325 e. The highest BCUT2D eigenvalue weighted by atomic mass is 16.5. The Bertz CT molecular complexity index is 445. The minimum Gasteiger partial charge on any atom is -0.494 e. The number of hydrogen-bond acceptors (Lipinski definition) is 3. The van der Waals surface area contributed by atoms with Crippen molar-refractivity contribution in [1.29, 1.82) is 0 Å². The molecule has 0 saturated carbocycles. The third kappa shape index (κ3) is 6.08. The molecule has 110 valence electrons. The molecule has 1 atom stereocenters. The summed E-state index contributed by atoms with van der Waals surface area (Å²) in [6.45, 7) is 4.31. The molecule has 0 heterocycles. The number of nitrogens with one attached hydrogen (secondary N) is 2. The Balaban J connectivity index is 2.11. The van der Waals surface area contributed by atoms with E-state index in [2.05, 4.69) is 10.6 Å². The van der Waals surface area contributed by atoms with Crippen molar-refractivity contribution in [1.82, 2.24) is 10.6 Å². The van der Waals surface area contributed by atoms with Crippen molar-refractivity contribution in [2.45, 2.75) is 26.3 Å². The van der Waals surface area contributed by atoms with Crippen LogP contribution in [-0.2, 0) is 4.79 Å². The van der Waals surface area contributed by atoms with Gasteiger partial charge in [-0.2, -0.15) is 0 Å². The lowest BCUT2D eigenvalue weighted by Crippen LogP contribution is -2.44. The van der Waals surface area contributed by atoms with E-state index in [1.165, 1.54) is 12.5 Å². The number of carboxylic acids is 1. The zero-order valence-corrected chi connectivity index (χ0v) is 11.7. The van der Waals surface area contributed by atoms with Gasteiger partial charge in [-0.25, -0.2) is 4.79 Å². The normalized spacial score (nSPS) is 11.5. The molecule has 0 aliphatic carbocycles. The first-order valence-electron chi connectivity index (χ1n) is 6.45. The van der Waals surface area contributed by atoms with Gasteiger partial charge >= 0.3 is 12.0 Å². The van der Waals surface area contributed by atoms with Crippen molar-refractivity contribution in [3.05, 3.63) is 29.8 Å². The predicted molar refractivity (Wildman–Crippen MR) is 74.9 cm³/mol. The van der Waals surface area contributed by atoms with Gasteiger partial charge in [0.15, 0.2) is 0 Å². The Morgan fingerprint density at radius 1 is 1.30 bits per heavy atom. The number of aryl methyl sites for hydroxylation is 1. The van der Waals surface area contributed by atoms with Gasteiger partial charge in [-0.3, -0.25) is 4.79 Å². The second-order valence-electron chi connectivity index (χ2n) is 4.48. The first-order valence-corrected chi connectivity index (χ1v) is 6.45. The summed E-state index contributed by atoms with van der Waals surface area (Å²) >= 11 is 0. The van der Waals surface area contributed by atoms with Gasteiger partial charge in [-0.15, -0.1) is 0 Å². The molecule has 0 spiro atoms. The summed E-state index contributed by atoms with van der Waals surface area (Å²) in [6.07, 6.45) is 0.642. The summed E-state index contributed by atoms with van der Waals surface area (Å²) in [5, 5.41) is 13.5. The van der Waals surface area contributed by atoms with Crippen LogP contribution in [0.1, 0.15) is 18.9 Å². The van der Waals surface area contributed by atoms with Crippen LogP contribution in [0.4, 0.5) is 4.79 Å². The van der Waals surface area contributed by atoms with Crippen molar-refractivity contribution >= 4 is 12.0 Å². The number of ether oxygens (including phenoxy) is 1. The number of carboxylic acid groups (broad SMARTS) is 1. The zero-order chi connectivity index (χ0) is 15.0. The van der Waals surface area contributed by atoms with Crippen molar-refractivity contribution in [3.63, 3.8) is 0 Å². The molecule has 0 radical (unpaired) electrons. The van der Waals surface area contributed by atoms with Crippen molar-refractivity contribution in [2.24, 2.45) is 0 Å². The number of urea groups is 1. The lowest BCUT2D eigenvalue weighted by atomic mass is 10.2. The van der Waals surface area contributed by atoms with Crippen molar-refractivity contribution < 1.29 is 19.4 Å². The maximum absolute atomic E-state index is 11.3. The third-order valence-electron chi connectivity index (χ3n) is 2.61. The summed E-state index contributed by atoms with van der Waals surface area (Å²) < 4.78 is 5.50. The van der Waals surface area contributed by atoms with E-state index in [9.17, 15) is 9.59 Å². The van der Waals surface area contributed by atoms with Gasteiger partial charge in [0.2, 0.25) is 0 Å². The van der Waals surface area contributed by atoms with E-state index in [-0.39, 0.29) is 0 Å². The van der Waals surface area contributed by atoms with Crippen LogP contribution in [-0.4, -0.2) is 36.3 Å². The van der Waals surface area contributed by atoms with Crippen LogP contribution in [0.15, 0.2) is 24.3 Å². The molecule has 2 amide bonds. The van der Waals surface area contributed by atoms with Crippen LogP contribution in [0, 0.1) is 6.92 Å². The molecule has 1 aromatic rings. The number of hydrogen-bond donors (Lipinski definition) is 3. The Morgan fingerprint density at radius 3 is 2.55 bits per heavy atom. The summed E-state index contributed by atoms with van der Waals surface area (Å²) in [5.74, 6) is -0.276. The van der Waals surface area contributed by atoms with Gasteiger partial charge in [0.25, 0.3) is 0 Å². The summed E-state index contributed by atoms with van der Waals surface area (Å²) in [5.41, 5.74) is 1.17. The van der Waals surface area contributed by atoms with Crippen molar-refractivity contribution in [2.75, 3.05) is 13.2 Å². The average molecular weight is 280 g/mol. The zero-order valence-electron chi connectivity index (χ0n) is 11.7. The van der Waals surface area contributed by atoms with E-state index in [1.807, 2.05) is 31.2 Å². The second-order valence-corrected chi connectivity index (χ2v) is 4.48. The molecule has 0 aliphatic heterocycles. The number of amides is 2. The Labute approximate surface area is 118 Å². The second kappa shape index (κ2) is 8.04. The standard InChI is InChI=1S/C14H20N2O4/c1-10-4-6-12(7-5-10)20-9-3-8-15-14(19)16-11(2)13(17)18/h4-7,11H,3,8-9H2,1-2H3,(H,17,18)(H2,15,16,19). The quantitative estimate of drug-likeness (QED) is 0.661. The molecule has 6 nitrogen and oxygen atoms in total. The first-order chi connectivity index (χ1) is 9.49. The van der Waals surface area contributed by atoms with E-state index in [0.717, 1.165) is 5.75 Å². The number of carbonyl (C=O) groups is 2. The van der Waals surface area contributed by atoms with E-state index in [4.69, 9.17) is 9.84 Å². The van der Waals surface area contributed by atoms with Crippen LogP contribution >= 0.6 is 0 Å². The average Bonchev–Trinajstić information content (AvgIpc) is 2.40. The summed E-state index contributed by atoms with van der Waals surface area (Å²) in [4.78, 5) is 21.8. The molecule has 20 heavy (non-hydrogen) atoms. The first kappa shape index (κ1) is 15.8. The minimum atomic E-state index is -1.07. The Hall–Kier alpha value is -2.24. The molecule has 6 heteroatoms. The van der Waals surface area contributed by atoms with Crippen LogP contribution in [0.25, 0.3) is 0 Å². The molecule has 0 fully saturated rings. The largest absolute Gasteiger partial charge is 0.494 e. The van der Waals surface area contributed by atoms with Gasteiger partial charge < -0.3 is 20.5 Å². The Morgan fingerprint density at radius 2 is 1.95 bits per heavy atom. The molecule has 3 N–H and O–H groups in total. The number of carbonyl (C=O) groups excluding carboxylic acids is 1. The van der Waals surface area contributed by atoms with Gasteiger partial charge in [-0.05, 0) is 32.4 Å². The fourth-order valence-electron chi connectivity index (χ4n) is 1.41. The van der Waals surface area contributed by atoms with E-state index < -0.39 is 18.0 Å². The van der Waals surface area contributed by atoms with Crippen LogP contribution < -0.4 is 15.4 Å². The van der Waals surface area contributed by atoms with Gasteiger partial charge in [0.05, 0.1) is 6.61 Å². The predicted octanol–water partition coefficient (Wildman–Crippen LogP) is 1.54. The van der Waals surface area contributed by atoms with Crippen LogP contribution in [0.3, 0.4) is 0 Å². The van der Waals surface area contributed by atoms with E-state index in [0.29, 0.717) is 19.6 Å². The SMILES string of the molecule is Cc1ccc(OCCCNC(=O)NC(C)C(=O)O)cc1. The maximum Gasteiger partial charge on any atom is 0.325 e. The van der Waals surface area contributed by atoms with Crippen LogP contribution in [0.5, 0.6) is 5.75 Å². The third-order valence-corrected chi connectivity index (χ3v) is 2.61. The Kier molecular flexibility index (Phi) is 6.36. The van der Waals surface area contributed by atoms with Gasteiger partial charge in [0, 0.05) is 6.54 Å². The lowest BCUT2D eigenvalue weighted by molar-refractivity contribution is -0.138. The molecular formula is C14H20N2O4. The molecule has 1 rings (SSSR count). The highest BCUT2D eigenvalue weighted by Crippen LogP contribution is 2.11. The maximum atomic E-state index is 11.3. The summed E-state index contributed by atoms with van der Waals surface area (Å²) in [6, 6.07) is 6.32. The van der Waals surface area contributed by atoms with Crippen molar-refractivity contribution in [3.8, 4) is 5.75 Å². The molecule has 1 unspecified atom stereocenters. The van der Waals surface area contributed by atoms with Crippen LogP contribution in [0.2, 0.25) is 0 Å². The fourth-order valence-corrected chi connectivity index (χ4v) is 1.41. The monoisotopic (exact) mass is 280 g/mol. The van der Waals surface area contributed by atoms with Gasteiger partial charge in [0.1, 0.15) is 11.8 Å². The molecule has 0 aromatic heterocycles. The number of aliphatic carboxylic acids is 1. The topological polar surface area (TPSA) is 87.7 Å². The van der Waals surface area contributed by atoms with E-state index >= 15 is 0 Å². The number of benzene rings is 1.